The van der Waals surface area contributed by atoms with Gasteiger partial charge in [0.1, 0.15) is 5.75 Å². The van der Waals surface area contributed by atoms with Crippen LogP contribution in [-0.4, -0.2) is 23.3 Å². The van der Waals surface area contributed by atoms with Crippen molar-refractivity contribution in [2.75, 3.05) is 7.05 Å². The first-order chi connectivity index (χ1) is 6.15. The molecule has 3 nitrogen and oxygen atoms in total. The maximum atomic E-state index is 9.74. The van der Waals surface area contributed by atoms with Crippen LogP contribution in [0.2, 0.25) is 0 Å². The number of rotatable bonds is 3. The molecule has 14 heavy (non-hydrogen) atoms. The fourth-order valence-electron chi connectivity index (χ4n) is 1.12. The van der Waals surface area contributed by atoms with Crippen LogP contribution >= 0.6 is 12.4 Å². The van der Waals surface area contributed by atoms with Crippen molar-refractivity contribution in [1.29, 1.82) is 0 Å². The van der Waals surface area contributed by atoms with Gasteiger partial charge in [0.05, 0.1) is 6.10 Å². The number of aromatic hydroxyl groups is 1. The zero-order valence-corrected chi connectivity index (χ0v) is 9.08. The van der Waals surface area contributed by atoms with E-state index in [1.54, 1.807) is 31.3 Å². The fraction of sp³-hybridized carbons (Fsp3) is 0.400. The highest BCUT2D eigenvalue weighted by Crippen LogP contribution is 2.19. The largest absolute Gasteiger partial charge is 0.508 e. The average molecular weight is 218 g/mol. The number of phenols is 1. The van der Waals surface area contributed by atoms with Gasteiger partial charge in [0.2, 0.25) is 0 Å². The van der Waals surface area contributed by atoms with Crippen LogP contribution in [0.1, 0.15) is 18.6 Å². The van der Waals surface area contributed by atoms with E-state index in [9.17, 15) is 5.11 Å². The second kappa shape index (κ2) is 5.86. The third-order valence-electron chi connectivity index (χ3n) is 2.16. The van der Waals surface area contributed by atoms with Gasteiger partial charge in [-0.1, -0.05) is 12.1 Å². The summed E-state index contributed by atoms with van der Waals surface area (Å²) in [5, 5.41) is 21.7. The number of phenolic OH excluding ortho intramolecular Hbond substituents is 1. The van der Waals surface area contributed by atoms with Gasteiger partial charge in [-0.15, -0.1) is 12.4 Å². The van der Waals surface area contributed by atoms with E-state index in [4.69, 9.17) is 5.11 Å². The first-order valence-corrected chi connectivity index (χ1v) is 4.29. The summed E-state index contributed by atoms with van der Waals surface area (Å²) in [6.45, 7) is 1.90. The molecular formula is C10H16ClNO2. The van der Waals surface area contributed by atoms with Crippen molar-refractivity contribution in [2.45, 2.75) is 19.1 Å². The Balaban J connectivity index is 0.00000169. The summed E-state index contributed by atoms with van der Waals surface area (Å²) in [6, 6.07) is 6.58. The molecule has 0 heterocycles. The molecule has 0 fully saturated rings. The van der Waals surface area contributed by atoms with E-state index in [1.165, 1.54) is 0 Å². The van der Waals surface area contributed by atoms with E-state index >= 15 is 0 Å². The van der Waals surface area contributed by atoms with Gasteiger partial charge in [0.15, 0.2) is 0 Å². The quantitative estimate of drug-likeness (QED) is 0.719. The Morgan fingerprint density at radius 3 is 2.14 bits per heavy atom. The van der Waals surface area contributed by atoms with E-state index in [1.807, 2.05) is 6.92 Å². The Morgan fingerprint density at radius 1 is 1.21 bits per heavy atom. The van der Waals surface area contributed by atoms with Gasteiger partial charge in [0, 0.05) is 6.04 Å². The Labute approximate surface area is 90.2 Å². The van der Waals surface area contributed by atoms with Crippen molar-refractivity contribution < 1.29 is 10.2 Å². The fourth-order valence-corrected chi connectivity index (χ4v) is 1.12. The number of aliphatic hydroxyl groups excluding tert-OH is 1. The molecule has 0 amide bonds. The van der Waals surface area contributed by atoms with Crippen molar-refractivity contribution in [1.82, 2.24) is 5.32 Å². The Kier molecular flexibility index (Phi) is 5.53. The molecule has 3 N–H and O–H groups in total. The predicted octanol–water partition coefficient (Wildman–Crippen LogP) is 1.46. The standard InChI is InChI=1S/C10H15NO2.ClH/c1-7(11-2)10(13)8-3-5-9(12)6-4-8;/h3-7,10-13H,1-2H3;1H/t7?,10-;/m1./s1. The third kappa shape index (κ3) is 3.18. The van der Waals surface area contributed by atoms with E-state index in [-0.39, 0.29) is 24.2 Å². The number of benzene rings is 1. The van der Waals surface area contributed by atoms with E-state index in [0.717, 1.165) is 5.56 Å². The van der Waals surface area contributed by atoms with Crippen LogP contribution in [0, 0.1) is 0 Å². The summed E-state index contributed by atoms with van der Waals surface area (Å²) < 4.78 is 0. The molecule has 1 unspecified atom stereocenters. The molecule has 0 aliphatic heterocycles. The lowest BCUT2D eigenvalue weighted by Gasteiger charge is -2.18. The number of aliphatic hydroxyl groups is 1. The van der Waals surface area contributed by atoms with Crippen molar-refractivity contribution in [2.24, 2.45) is 0 Å². The Hall–Kier alpha value is -0.770. The van der Waals surface area contributed by atoms with Gasteiger partial charge in [0.25, 0.3) is 0 Å². The van der Waals surface area contributed by atoms with Crippen molar-refractivity contribution in [3.05, 3.63) is 29.8 Å². The predicted molar refractivity (Wildman–Crippen MR) is 58.8 cm³/mol. The molecule has 0 aliphatic rings. The molecule has 0 radical (unpaired) electrons. The minimum absolute atomic E-state index is 0. The summed E-state index contributed by atoms with van der Waals surface area (Å²) in [5.41, 5.74) is 0.805. The lowest BCUT2D eigenvalue weighted by Crippen LogP contribution is -2.28. The van der Waals surface area contributed by atoms with E-state index < -0.39 is 6.10 Å². The summed E-state index contributed by atoms with van der Waals surface area (Å²) in [4.78, 5) is 0. The number of nitrogens with one attached hydrogen (secondary N) is 1. The number of hydrogen-bond donors (Lipinski definition) is 3. The molecule has 1 aromatic rings. The van der Waals surface area contributed by atoms with Gasteiger partial charge >= 0.3 is 0 Å². The molecule has 2 atom stereocenters. The lowest BCUT2D eigenvalue weighted by molar-refractivity contribution is 0.140. The molecule has 0 bridgehead atoms. The summed E-state index contributed by atoms with van der Waals surface area (Å²) in [6.07, 6.45) is -0.536. The zero-order valence-electron chi connectivity index (χ0n) is 8.27. The minimum atomic E-state index is -0.536. The van der Waals surface area contributed by atoms with Gasteiger partial charge < -0.3 is 15.5 Å². The van der Waals surface area contributed by atoms with Crippen LogP contribution in [0.4, 0.5) is 0 Å². The second-order valence-corrected chi connectivity index (χ2v) is 3.11. The highest BCUT2D eigenvalue weighted by molar-refractivity contribution is 5.85. The first kappa shape index (κ1) is 13.2. The number of hydrogen-bond acceptors (Lipinski definition) is 3. The molecule has 1 rings (SSSR count). The summed E-state index contributed by atoms with van der Waals surface area (Å²) in [5.74, 6) is 0.216. The maximum absolute atomic E-state index is 9.74. The third-order valence-corrected chi connectivity index (χ3v) is 2.16. The van der Waals surface area contributed by atoms with Crippen LogP contribution in [0.5, 0.6) is 5.75 Å². The highest BCUT2D eigenvalue weighted by Gasteiger charge is 2.13. The Morgan fingerprint density at radius 2 is 1.71 bits per heavy atom. The summed E-state index contributed by atoms with van der Waals surface area (Å²) in [7, 11) is 1.80. The molecular weight excluding hydrogens is 202 g/mol. The highest BCUT2D eigenvalue weighted by atomic mass is 35.5. The van der Waals surface area contributed by atoms with Crippen molar-refractivity contribution >= 4 is 12.4 Å². The average Bonchev–Trinajstić information content (AvgIpc) is 2.17. The molecule has 0 saturated carbocycles. The number of likely N-dealkylation sites (N-methyl/N-ethyl adjacent to an activating group) is 1. The van der Waals surface area contributed by atoms with Gasteiger partial charge in [-0.25, -0.2) is 0 Å². The summed E-state index contributed by atoms with van der Waals surface area (Å²) >= 11 is 0. The number of halogens is 1. The van der Waals surface area contributed by atoms with E-state index in [0.29, 0.717) is 0 Å². The molecule has 0 aromatic heterocycles. The lowest BCUT2D eigenvalue weighted by atomic mass is 10.0. The van der Waals surface area contributed by atoms with Gasteiger partial charge in [-0.2, -0.15) is 0 Å². The van der Waals surface area contributed by atoms with Crippen LogP contribution in [0.15, 0.2) is 24.3 Å². The maximum Gasteiger partial charge on any atom is 0.115 e. The zero-order chi connectivity index (χ0) is 9.84. The topological polar surface area (TPSA) is 52.5 Å². The molecule has 0 aliphatic carbocycles. The molecule has 4 heteroatoms. The van der Waals surface area contributed by atoms with Gasteiger partial charge in [-0.05, 0) is 31.7 Å². The first-order valence-electron chi connectivity index (χ1n) is 4.29. The molecule has 0 saturated heterocycles. The molecule has 0 spiro atoms. The SMILES string of the molecule is CNC(C)[C@@H](O)c1ccc(O)cc1.Cl. The second-order valence-electron chi connectivity index (χ2n) is 3.11. The van der Waals surface area contributed by atoms with Crippen LogP contribution in [-0.2, 0) is 0 Å². The van der Waals surface area contributed by atoms with Crippen molar-refractivity contribution in [3.63, 3.8) is 0 Å². The minimum Gasteiger partial charge on any atom is -0.508 e. The van der Waals surface area contributed by atoms with Crippen LogP contribution in [0.3, 0.4) is 0 Å². The monoisotopic (exact) mass is 217 g/mol. The Bertz CT molecular complexity index is 263. The van der Waals surface area contributed by atoms with Crippen LogP contribution < -0.4 is 5.32 Å². The normalized spacial score (nSPS) is 14.2. The van der Waals surface area contributed by atoms with E-state index in [2.05, 4.69) is 5.32 Å². The smallest absolute Gasteiger partial charge is 0.115 e. The molecule has 1 aromatic carbocycles. The molecule has 80 valence electrons. The van der Waals surface area contributed by atoms with Gasteiger partial charge in [-0.3, -0.25) is 0 Å². The van der Waals surface area contributed by atoms with Crippen molar-refractivity contribution in [3.8, 4) is 5.75 Å². The van der Waals surface area contributed by atoms with Crippen LogP contribution in [0.25, 0.3) is 0 Å².